The predicted molar refractivity (Wildman–Crippen MR) is 94.3 cm³/mol. The highest BCUT2D eigenvalue weighted by molar-refractivity contribution is 6.30. The van der Waals surface area contributed by atoms with Crippen molar-refractivity contribution in [2.24, 2.45) is 0 Å². The minimum absolute atomic E-state index is 0.110. The number of hydrogen-bond donors (Lipinski definition) is 2. The third kappa shape index (κ3) is 3.76. The quantitative estimate of drug-likeness (QED) is 0.697. The molecule has 0 amide bonds. The third-order valence-corrected chi connectivity index (χ3v) is 4.35. The van der Waals surface area contributed by atoms with Gasteiger partial charge in [0.15, 0.2) is 5.82 Å². The molecule has 2 N–H and O–H groups in total. The van der Waals surface area contributed by atoms with Crippen LogP contribution in [0.15, 0.2) is 38.4 Å². The van der Waals surface area contributed by atoms with Gasteiger partial charge in [0.25, 0.3) is 5.56 Å². The molecular weight excluding hydrogens is 360 g/mol. The Morgan fingerprint density at radius 2 is 1.96 bits per heavy atom. The van der Waals surface area contributed by atoms with Crippen molar-refractivity contribution in [1.82, 2.24) is 19.7 Å². The number of rotatable bonds is 5. The van der Waals surface area contributed by atoms with E-state index in [1.165, 1.54) is 0 Å². The molecule has 2 aromatic heterocycles. The van der Waals surface area contributed by atoms with E-state index in [0.29, 0.717) is 21.8 Å². The molecule has 0 saturated heterocycles. The van der Waals surface area contributed by atoms with E-state index in [-0.39, 0.29) is 24.7 Å². The maximum atomic E-state index is 12.2. The molecule has 136 valence electrons. The average Bonchev–Trinajstić information content (AvgIpc) is 3.04. The van der Waals surface area contributed by atoms with Crippen molar-refractivity contribution in [3.05, 3.63) is 78.7 Å². The summed E-state index contributed by atoms with van der Waals surface area (Å²) in [4.78, 5) is 30.9. The summed E-state index contributed by atoms with van der Waals surface area (Å²) < 4.78 is 6.09. The molecule has 2 heterocycles. The van der Waals surface area contributed by atoms with Gasteiger partial charge in [0.1, 0.15) is 6.54 Å². The van der Waals surface area contributed by atoms with Crippen LogP contribution in [0.5, 0.6) is 0 Å². The molecule has 0 saturated carbocycles. The molecule has 0 fully saturated rings. The van der Waals surface area contributed by atoms with Crippen molar-refractivity contribution in [2.45, 2.75) is 32.9 Å². The van der Waals surface area contributed by atoms with Gasteiger partial charge < -0.3 is 14.6 Å². The zero-order chi connectivity index (χ0) is 18.8. The van der Waals surface area contributed by atoms with E-state index in [2.05, 4.69) is 15.1 Å². The normalized spacial score (nSPS) is 12.3. The number of hydrogen-bond acceptors (Lipinski definition) is 6. The summed E-state index contributed by atoms with van der Waals surface area (Å²) in [6.07, 6.45) is -0.700. The van der Waals surface area contributed by atoms with Crippen LogP contribution in [0.25, 0.3) is 0 Å². The molecule has 1 atom stereocenters. The minimum Gasteiger partial charge on any atom is -0.388 e. The second kappa shape index (κ2) is 7.27. The van der Waals surface area contributed by atoms with Crippen LogP contribution in [0.1, 0.15) is 34.6 Å². The Bertz CT molecular complexity index is 1040. The second-order valence-electron chi connectivity index (χ2n) is 5.95. The van der Waals surface area contributed by atoms with E-state index in [0.717, 1.165) is 4.57 Å². The van der Waals surface area contributed by atoms with E-state index in [1.54, 1.807) is 38.1 Å². The van der Waals surface area contributed by atoms with Crippen molar-refractivity contribution >= 4 is 11.6 Å². The van der Waals surface area contributed by atoms with Gasteiger partial charge in [-0.3, -0.25) is 9.36 Å². The van der Waals surface area contributed by atoms with Crippen LogP contribution in [-0.2, 0) is 13.0 Å². The van der Waals surface area contributed by atoms with E-state index < -0.39 is 17.4 Å². The van der Waals surface area contributed by atoms with Crippen LogP contribution in [0, 0.1) is 13.8 Å². The van der Waals surface area contributed by atoms with E-state index >= 15 is 0 Å². The van der Waals surface area contributed by atoms with Crippen LogP contribution < -0.4 is 11.2 Å². The molecule has 0 aliphatic rings. The Morgan fingerprint density at radius 3 is 2.65 bits per heavy atom. The molecule has 3 aromatic rings. The molecule has 0 aliphatic heterocycles. The van der Waals surface area contributed by atoms with Crippen LogP contribution in [0.2, 0.25) is 5.02 Å². The zero-order valence-electron chi connectivity index (χ0n) is 14.2. The van der Waals surface area contributed by atoms with E-state index in [1.807, 2.05) is 0 Å². The molecule has 0 bridgehead atoms. The first-order chi connectivity index (χ1) is 12.3. The number of nitrogens with zero attached hydrogens (tertiary/aromatic N) is 3. The van der Waals surface area contributed by atoms with Crippen LogP contribution in [-0.4, -0.2) is 24.8 Å². The number of aliphatic hydroxyl groups excluding tert-OH is 1. The first-order valence-corrected chi connectivity index (χ1v) is 8.28. The lowest BCUT2D eigenvalue weighted by Crippen LogP contribution is -2.37. The first kappa shape index (κ1) is 18.1. The molecule has 3 rings (SSSR count). The Hall–Kier alpha value is -2.71. The van der Waals surface area contributed by atoms with Crippen LogP contribution in [0.3, 0.4) is 0 Å². The Kier molecular flexibility index (Phi) is 5.06. The number of aromatic amines is 1. The fourth-order valence-electron chi connectivity index (χ4n) is 2.47. The highest BCUT2D eigenvalue weighted by Gasteiger charge is 2.16. The molecule has 0 spiro atoms. The molecule has 1 aromatic carbocycles. The molecule has 0 aliphatic carbocycles. The SMILES string of the molecule is Cc1[nH]c(=O)n(Cc2nc(C[C@H](O)c3ccc(Cl)cc3)no2)c(=O)c1C. The van der Waals surface area contributed by atoms with Gasteiger partial charge in [0.2, 0.25) is 5.89 Å². The maximum absolute atomic E-state index is 12.2. The summed E-state index contributed by atoms with van der Waals surface area (Å²) in [7, 11) is 0. The standard InChI is InChI=1S/C17H17ClN4O4/c1-9-10(2)19-17(25)22(16(9)24)8-15-20-14(21-26-15)7-13(23)11-3-5-12(18)6-4-11/h3-6,13,23H,7-8H2,1-2H3,(H,19,25)/t13-/m0/s1. The summed E-state index contributed by atoms with van der Waals surface area (Å²) in [6, 6.07) is 6.78. The van der Waals surface area contributed by atoms with Gasteiger partial charge in [-0.2, -0.15) is 4.98 Å². The van der Waals surface area contributed by atoms with Crippen molar-refractivity contribution in [3.8, 4) is 0 Å². The summed E-state index contributed by atoms with van der Waals surface area (Å²) in [5.41, 5.74) is 0.685. The maximum Gasteiger partial charge on any atom is 0.329 e. The highest BCUT2D eigenvalue weighted by atomic mass is 35.5. The summed E-state index contributed by atoms with van der Waals surface area (Å²) in [6.45, 7) is 3.15. The number of aliphatic hydroxyl groups is 1. The van der Waals surface area contributed by atoms with E-state index in [9.17, 15) is 14.7 Å². The lowest BCUT2D eigenvalue weighted by Gasteiger charge is -2.08. The zero-order valence-corrected chi connectivity index (χ0v) is 14.9. The number of H-pyrrole nitrogens is 1. The van der Waals surface area contributed by atoms with Gasteiger partial charge in [0, 0.05) is 22.7 Å². The topological polar surface area (TPSA) is 114 Å². The monoisotopic (exact) mass is 376 g/mol. The first-order valence-electron chi connectivity index (χ1n) is 7.90. The molecule has 9 heteroatoms. The van der Waals surface area contributed by atoms with Gasteiger partial charge in [-0.1, -0.05) is 28.9 Å². The Labute approximate surface area is 153 Å². The lowest BCUT2D eigenvalue weighted by atomic mass is 10.1. The number of aromatic nitrogens is 4. The second-order valence-corrected chi connectivity index (χ2v) is 6.38. The minimum atomic E-state index is -0.828. The van der Waals surface area contributed by atoms with Gasteiger partial charge in [0.05, 0.1) is 6.10 Å². The number of benzene rings is 1. The molecular formula is C17H17ClN4O4. The number of halogens is 1. The molecule has 8 nitrogen and oxygen atoms in total. The largest absolute Gasteiger partial charge is 0.388 e. The van der Waals surface area contributed by atoms with Crippen LogP contribution >= 0.6 is 11.6 Å². The molecule has 0 radical (unpaired) electrons. The fourth-order valence-corrected chi connectivity index (χ4v) is 2.59. The lowest BCUT2D eigenvalue weighted by molar-refractivity contribution is 0.174. The van der Waals surface area contributed by atoms with Gasteiger partial charge >= 0.3 is 5.69 Å². The van der Waals surface area contributed by atoms with Crippen LogP contribution in [0.4, 0.5) is 0 Å². The van der Waals surface area contributed by atoms with E-state index in [4.69, 9.17) is 16.1 Å². The third-order valence-electron chi connectivity index (χ3n) is 4.10. The van der Waals surface area contributed by atoms with Gasteiger partial charge in [-0.05, 0) is 31.5 Å². The average molecular weight is 377 g/mol. The molecule has 26 heavy (non-hydrogen) atoms. The summed E-state index contributed by atoms with van der Waals surface area (Å²) in [5.74, 6) is 0.384. The van der Waals surface area contributed by atoms with Crippen molar-refractivity contribution in [1.29, 1.82) is 0 Å². The van der Waals surface area contributed by atoms with Crippen molar-refractivity contribution in [3.63, 3.8) is 0 Å². The number of aryl methyl sites for hydroxylation is 1. The molecule has 0 unspecified atom stereocenters. The fraction of sp³-hybridized carbons (Fsp3) is 0.294. The number of nitrogens with one attached hydrogen (secondary N) is 1. The van der Waals surface area contributed by atoms with Crippen molar-refractivity contribution < 1.29 is 9.63 Å². The van der Waals surface area contributed by atoms with Gasteiger partial charge in [-0.25, -0.2) is 4.79 Å². The summed E-state index contributed by atoms with van der Waals surface area (Å²) in [5, 5.41) is 14.6. The van der Waals surface area contributed by atoms with Crippen molar-refractivity contribution in [2.75, 3.05) is 0 Å². The van der Waals surface area contributed by atoms with Gasteiger partial charge in [-0.15, -0.1) is 0 Å². The Morgan fingerprint density at radius 1 is 1.27 bits per heavy atom. The highest BCUT2D eigenvalue weighted by Crippen LogP contribution is 2.19. The smallest absolute Gasteiger partial charge is 0.329 e. The Balaban J connectivity index is 1.77. The predicted octanol–water partition coefficient (Wildman–Crippen LogP) is 1.51. The summed E-state index contributed by atoms with van der Waals surface area (Å²) >= 11 is 5.83.